The van der Waals surface area contributed by atoms with E-state index in [-0.39, 0.29) is 0 Å². The Hall–Kier alpha value is -1.65. The fraction of sp³-hybridized carbons (Fsp3) is 0.200. The molecule has 0 radical (unpaired) electrons. The molecule has 0 saturated heterocycles. The lowest BCUT2D eigenvalue weighted by molar-refractivity contribution is 1.17. The van der Waals surface area contributed by atoms with Crippen molar-refractivity contribution in [2.75, 3.05) is 5.32 Å². The Morgan fingerprint density at radius 1 is 1.25 bits per heavy atom. The molecule has 3 nitrogen and oxygen atoms in total. The number of hydrogen-bond donors (Lipinski definition) is 2. The topological polar surface area (TPSA) is 50.9 Å². The molecular weight excluding hydrogens is 290 g/mol. The van der Waals surface area contributed by atoms with Gasteiger partial charge in [0.25, 0.3) is 0 Å². The zero-order valence-electron chi connectivity index (χ0n) is 11.6. The van der Waals surface area contributed by atoms with Crippen molar-refractivity contribution in [3.63, 3.8) is 0 Å². The van der Waals surface area contributed by atoms with Crippen LogP contribution in [0.1, 0.15) is 22.4 Å². The van der Waals surface area contributed by atoms with E-state index in [1.807, 2.05) is 45.0 Å². The first kappa shape index (κ1) is 14.8. The van der Waals surface area contributed by atoms with Crippen LogP contribution in [0.15, 0.2) is 24.3 Å². The second kappa shape index (κ2) is 5.77. The van der Waals surface area contributed by atoms with Crippen LogP contribution in [-0.2, 0) is 0 Å². The molecule has 0 aliphatic carbocycles. The normalized spacial score (nSPS) is 10.4. The zero-order chi connectivity index (χ0) is 14.9. The van der Waals surface area contributed by atoms with Gasteiger partial charge in [-0.15, -0.1) is 0 Å². The van der Waals surface area contributed by atoms with Crippen LogP contribution in [0.25, 0.3) is 0 Å². The van der Waals surface area contributed by atoms with Crippen LogP contribution in [0.3, 0.4) is 0 Å². The van der Waals surface area contributed by atoms with E-state index < -0.39 is 0 Å². The molecule has 2 aromatic rings. The van der Waals surface area contributed by atoms with Crippen molar-refractivity contribution < 1.29 is 0 Å². The standard InChI is InChI=1S/C15H16ClN3S/c1-8-4-5-11(16)12(6-8)19-15-13(14(17)20)9(2)7-10(3)18-15/h4-7H,1-3H3,(H2,17,20)(H,18,19). The van der Waals surface area contributed by atoms with Crippen molar-refractivity contribution in [3.8, 4) is 0 Å². The number of anilines is 2. The Labute approximate surface area is 129 Å². The van der Waals surface area contributed by atoms with Crippen LogP contribution in [0.2, 0.25) is 5.02 Å². The molecule has 104 valence electrons. The minimum atomic E-state index is 0.321. The maximum absolute atomic E-state index is 6.20. The highest BCUT2D eigenvalue weighted by Gasteiger charge is 2.13. The molecular formula is C15H16ClN3S. The van der Waals surface area contributed by atoms with Gasteiger partial charge in [-0.1, -0.05) is 29.9 Å². The summed E-state index contributed by atoms with van der Waals surface area (Å²) in [6, 6.07) is 7.72. The monoisotopic (exact) mass is 305 g/mol. The highest BCUT2D eigenvalue weighted by atomic mass is 35.5. The van der Waals surface area contributed by atoms with Crippen LogP contribution >= 0.6 is 23.8 Å². The van der Waals surface area contributed by atoms with Gasteiger partial charge in [0.05, 0.1) is 16.3 Å². The van der Waals surface area contributed by atoms with Crippen LogP contribution < -0.4 is 11.1 Å². The Kier molecular flexibility index (Phi) is 4.26. The summed E-state index contributed by atoms with van der Waals surface area (Å²) in [6.45, 7) is 5.90. The molecule has 5 heteroatoms. The molecule has 2 rings (SSSR count). The summed E-state index contributed by atoms with van der Waals surface area (Å²) in [5.74, 6) is 0.641. The van der Waals surface area contributed by atoms with E-state index in [2.05, 4.69) is 10.3 Å². The maximum Gasteiger partial charge on any atom is 0.141 e. The fourth-order valence-electron chi connectivity index (χ4n) is 2.10. The number of nitrogens with zero attached hydrogens (tertiary/aromatic N) is 1. The van der Waals surface area contributed by atoms with Crippen molar-refractivity contribution in [2.45, 2.75) is 20.8 Å². The van der Waals surface area contributed by atoms with Gasteiger partial charge in [0.2, 0.25) is 0 Å². The average molecular weight is 306 g/mol. The number of rotatable bonds is 3. The number of nitrogens with two attached hydrogens (primary N) is 1. The lowest BCUT2D eigenvalue weighted by Gasteiger charge is -2.15. The summed E-state index contributed by atoms with van der Waals surface area (Å²) in [7, 11) is 0. The average Bonchev–Trinajstić information content (AvgIpc) is 2.32. The van der Waals surface area contributed by atoms with Crippen LogP contribution in [-0.4, -0.2) is 9.97 Å². The number of nitrogens with one attached hydrogen (secondary N) is 1. The first-order valence-corrected chi connectivity index (χ1v) is 6.98. The van der Waals surface area contributed by atoms with Crippen LogP contribution in [0.5, 0.6) is 0 Å². The third-order valence-electron chi connectivity index (χ3n) is 2.97. The van der Waals surface area contributed by atoms with Gasteiger partial charge >= 0.3 is 0 Å². The molecule has 0 fully saturated rings. The Bertz CT molecular complexity index is 683. The van der Waals surface area contributed by atoms with E-state index in [1.165, 1.54) is 0 Å². The molecule has 0 saturated carbocycles. The summed E-state index contributed by atoms with van der Waals surface area (Å²) < 4.78 is 0. The predicted octanol–water partition coefficient (Wildman–Crippen LogP) is 4.04. The van der Waals surface area contributed by atoms with Crippen LogP contribution in [0.4, 0.5) is 11.5 Å². The summed E-state index contributed by atoms with van der Waals surface area (Å²) in [5.41, 5.74) is 10.4. The lowest BCUT2D eigenvalue weighted by atomic mass is 10.1. The number of benzene rings is 1. The SMILES string of the molecule is Cc1ccc(Cl)c(Nc2nc(C)cc(C)c2C(N)=S)c1. The fourth-order valence-corrected chi connectivity index (χ4v) is 2.52. The number of thiocarbonyl (C=S) groups is 1. The minimum Gasteiger partial charge on any atom is -0.389 e. The number of aromatic nitrogens is 1. The highest BCUT2D eigenvalue weighted by molar-refractivity contribution is 7.80. The summed E-state index contributed by atoms with van der Waals surface area (Å²) in [4.78, 5) is 4.80. The first-order chi connectivity index (χ1) is 9.38. The molecule has 0 aliphatic heterocycles. The van der Waals surface area contributed by atoms with E-state index in [0.717, 1.165) is 28.1 Å². The largest absolute Gasteiger partial charge is 0.389 e. The first-order valence-electron chi connectivity index (χ1n) is 6.19. The van der Waals surface area contributed by atoms with Gasteiger partial charge in [-0.3, -0.25) is 0 Å². The van der Waals surface area contributed by atoms with Crippen molar-refractivity contribution in [2.24, 2.45) is 5.73 Å². The molecule has 1 heterocycles. The summed E-state index contributed by atoms with van der Waals surface area (Å²) >= 11 is 11.3. The molecule has 0 amide bonds. The predicted molar refractivity (Wildman–Crippen MR) is 89.1 cm³/mol. The van der Waals surface area contributed by atoms with Crippen molar-refractivity contribution >= 4 is 40.3 Å². The van der Waals surface area contributed by atoms with Gasteiger partial charge in [0.15, 0.2) is 0 Å². The summed E-state index contributed by atoms with van der Waals surface area (Å²) in [5, 5.41) is 3.86. The molecule has 0 unspecified atom stereocenters. The maximum atomic E-state index is 6.20. The van der Waals surface area contributed by atoms with Gasteiger partial charge < -0.3 is 11.1 Å². The van der Waals surface area contributed by atoms with E-state index in [0.29, 0.717) is 15.8 Å². The Morgan fingerprint density at radius 3 is 2.60 bits per heavy atom. The summed E-state index contributed by atoms with van der Waals surface area (Å²) in [6.07, 6.45) is 0. The molecule has 0 atom stereocenters. The minimum absolute atomic E-state index is 0.321. The third kappa shape index (κ3) is 3.08. The van der Waals surface area contributed by atoms with Gasteiger partial charge in [0.1, 0.15) is 10.8 Å². The molecule has 0 spiro atoms. The number of halogens is 1. The van der Waals surface area contributed by atoms with Crippen molar-refractivity contribution in [1.82, 2.24) is 4.98 Å². The van der Waals surface area contributed by atoms with Crippen molar-refractivity contribution in [1.29, 1.82) is 0 Å². The van der Waals surface area contributed by atoms with E-state index in [9.17, 15) is 0 Å². The van der Waals surface area contributed by atoms with E-state index >= 15 is 0 Å². The highest BCUT2D eigenvalue weighted by Crippen LogP contribution is 2.28. The van der Waals surface area contributed by atoms with Crippen LogP contribution in [0, 0.1) is 20.8 Å². The van der Waals surface area contributed by atoms with Gasteiger partial charge in [-0.05, 0) is 50.1 Å². The molecule has 0 bridgehead atoms. The second-order valence-corrected chi connectivity index (χ2v) is 5.62. The molecule has 1 aromatic carbocycles. The zero-order valence-corrected chi connectivity index (χ0v) is 13.2. The van der Waals surface area contributed by atoms with Gasteiger partial charge in [-0.2, -0.15) is 0 Å². The Balaban J connectivity index is 2.53. The molecule has 1 aromatic heterocycles. The molecule has 0 aliphatic rings. The number of hydrogen-bond acceptors (Lipinski definition) is 3. The second-order valence-electron chi connectivity index (χ2n) is 4.78. The number of aryl methyl sites for hydroxylation is 3. The third-order valence-corrected chi connectivity index (χ3v) is 3.50. The quantitative estimate of drug-likeness (QED) is 0.840. The molecule has 3 N–H and O–H groups in total. The van der Waals surface area contributed by atoms with Crippen molar-refractivity contribution in [3.05, 3.63) is 51.7 Å². The Morgan fingerprint density at radius 2 is 1.95 bits per heavy atom. The van der Waals surface area contributed by atoms with E-state index in [1.54, 1.807) is 0 Å². The van der Waals surface area contributed by atoms with E-state index in [4.69, 9.17) is 29.6 Å². The lowest BCUT2D eigenvalue weighted by Crippen LogP contribution is -2.15. The van der Waals surface area contributed by atoms with Gasteiger partial charge in [0, 0.05) is 5.69 Å². The van der Waals surface area contributed by atoms with Gasteiger partial charge in [-0.25, -0.2) is 4.98 Å². The molecule has 20 heavy (non-hydrogen) atoms. The number of pyridine rings is 1. The smallest absolute Gasteiger partial charge is 0.141 e.